The van der Waals surface area contributed by atoms with E-state index in [1.165, 1.54) is 18.4 Å². The van der Waals surface area contributed by atoms with Gasteiger partial charge in [-0.3, -0.25) is 4.79 Å². The Kier molecular flexibility index (Phi) is 6.74. The molecule has 3 rings (SSSR count). The Hall–Kier alpha value is -1.71. The van der Waals surface area contributed by atoms with Gasteiger partial charge in [0.05, 0.1) is 6.42 Å². The number of carbonyl (C=O) groups is 1. The summed E-state index contributed by atoms with van der Waals surface area (Å²) in [4.78, 5) is 12.3. The molecule has 0 heterocycles. The Balaban J connectivity index is 0.00000225. The molecule has 0 atom stereocenters. The maximum absolute atomic E-state index is 12.3. The van der Waals surface area contributed by atoms with E-state index >= 15 is 0 Å². The van der Waals surface area contributed by atoms with Crippen molar-refractivity contribution in [1.29, 1.82) is 0 Å². The topological polar surface area (TPSA) is 55.1 Å². The van der Waals surface area contributed by atoms with Crippen LogP contribution < -0.4 is 11.1 Å². The van der Waals surface area contributed by atoms with Crippen LogP contribution in [-0.2, 0) is 16.6 Å². The Morgan fingerprint density at radius 1 is 1.04 bits per heavy atom. The van der Waals surface area contributed by atoms with Crippen molar-refractivity contribution < 1.29 is 4.79 Å². The van der Waals surface area contributed by atoms with Crippen molar-refractivity contribution in [2.45, 2.75) is 37.5 Å². The molecule has 0 aliphatic heterocycles. The molecule has 3 nitrogen and oxygen atoms in total. The van der Waals surface area contributed by atoms with Crippen molar-refractivity contribution in [3.05, 3.63) is 64.7 Å². The molecule has 134 valence electrons. The van der Waals surface area contributed by atoms with Gasteiger partial charge in [0.1, 0.15) is 0 Å². The zero-order valence-electron chi connectivity index (χ0n) is 14.1. The number of carbonyl (C=O) groups excluding carboxylic acids is 1. The minimum atomic E-state index is 0. The minimum Gasteiger partial charge on any atom is -0.399 e. The maximum Gasteiger partial charge on any atom is 0.224 e. The van der Waals surface area contributed by atoms with E-state index in [1.807, 2.05) is 36.4 Å². The first kappa shape index (κ1) is 19.6. The number of anilines is 1. The van der Waals surface area contributed by atoms with Gasteiger partial charge >= 0.3 is 0 Å². The molecular formula is C20H24Cl2N2O. The van der Waals surface area contributed by atoms with Gasteiger partial charge in [0.25, 0.3) is 0 Å². The number of amides is 1. The monoisotopic (exact) mass is 378 g/mol. The van der Waals surface area contributed by atoms with E-state index in [4.69, 9.17) is 17.3 Å². The summed E-state index contributed by atoms with van der Waals surface area (Å²) in [5.74, 6) is 0.0556. The van der Waals surface area contributed by atoms with Crippen LogP contribution in [0.15, 0.2) is 48.5 Å². The molecule has 0 unspecified atom stereocenters. The molecule has 0 radical (unpaired) electrons. The van der Waals surface area contributed by atoms with Gasteiger partial charge in [0, 0.05) is 22.7 Å². The molecule has 0 spiro atoms. The number of nitrogens with one attached hydrogen (secondary N) is 1. The van der Waals surface area contributed by atoms with Gasteiger partial charge < -0.3 is 11.1 Å². The largest absolute Gasteiger partial charge is 0.399 e. The van der Waals surface area contributed by atoms with Crippen LogP contribution in [0, 0.1) is 0 Å². The molecule has 5 heteroatoms. The molecule has 1 amide bonds. The number of benzene rings is 2. The highest BCUT2D eigenvalue weighted by atomic mass is 35.5. The fourth-order valence-electron chi connectivity index (χ4n) is 3.57. The van der Waals surface area contributed by atoms with Crippen molar-refractivity contribution in [2.75, 3.05) is 12.3 Å². The average Bonchev–Trinajstić information content (AvgIpc) is 3.06. The SMILES string of the molecule is Cl.Nc1ccc(CC(=O)NCC2(c3ccc(Cl)cc3)CCCC2)cc1. The zero-order valence-corrected chi connectivity index (χ0v) is 15.7. The van der Waals surface area contributed by atoms with E-state index in [1.54, 1.807) is 0 Å². The first-order chi connectivity index (χ1) is 11.6. The van der Waals surface area contributed by atoms with Gasteiger partial charge in [-0.25, -0.2) is 0 Å². The van der Waals surface area contributed by atoms with Crippen LogP contribution in [-0.4, -0.2) is 12.5 Å². The lowest BCUT2D eigenvalue weighted by Gasteiger charge is -2.30. The van der Waals surface area contributed by atoms with Crippen molar-refractivity contribution in [3.8, 4) is 0 Å². The fraction of sp³-hybridized carbons (Fsp3) is 0.350. The van der Waals surface area contributed by atoms with E-state index in [2.05, 4.69) is 17.4 Å². The molecule has 0 bridgehead atoms. The van der Waals surface area contributed by atoms with Crippen LogP contribution in [0.2, 0.25) is 5.02 Å². The Morgan fingerprint density at radius 3 is 2.24 bits per heavy atom. The Morgan fingerprint density at radius 2 is 1.64 bits per heavy atom. The summed E-state index contributed by atoms with van der Waals surface area (Å²) < 4.78 is 0. The summed E-state index contributed by atoms with van der Waals surface area (Å²) in [6.07, 6.45) is 5.01. The molecule has 3 N–H and O–H groups in total. The van der Waals surface area contributed by atoms with Crippen molar-refractivity contribution in [3.63, 3.8) is 0 Å². The van der Waals surface area contributed by atoms with Crippen LogP contribution >= 0.6 is 24.0 Å². The van der Waals surface area contributed by atoms with Crippen LogP contribution in [0.1, 0.15) is 36.8 Å². The van der Waals surface area contributed by atoms with E-state index < -0.39 is 0 Å². The predicted molar refractivity (Wildman–Crippen MR) is 106 cm³/mol. The highest BCUT2D eigenvalue weighted by Crippen LogP contribution is 2.40. The molecule has 2 aromatic carbocycles. The quantitative estimate of drug-likeness (QED) is 0.751. The van der Waals surface area contributed by atoms with Gasteiger partial charge in [-0.1, -0.05) is 48.7 Å². The number of nitrogen functional groups attached to an aromatic ring is 1. The van der Waals surface area contributed by atoms with Gasteiger partial charge in [0.2, 0.25) is 5.91 Å². The Labute approximate surface area is 160 Å². The number of hydrogen-bond acceptors (Lipinski definition) is 2. The van der Waals surface area contributed by atoms with Gasteiger partial charge in [0.15, 0.2) is 0 Å². The summed E-state index contributed by atoms with van der Waals surface area (Å²) in [6.45, 7) is 0.683. The third-order valence-corrected chi connectivity index (χ3v) is 5.24. The molecule has 1 aliphatic carbocycles. The Bertz CT molecular complexity index is 693. The number of nitrogens with two attached hydrogens (primary N) is 1. The lowest BCUT2D eigenvalue weighted by molar-refractivity contribution is -0.120. The second kappa shape index (κ2) is 8.59. The second-order valence-corrected chi connectivity index (χ2v) is 7.13. The minimum absolute atomic E-state index is 0. The lowest BCUT2D eigenvalue weighted by atomic mass is 9.79. The molecule has 1 saturated carbocycles. The third kappa shape index (κ3) is 4.90. The summed E-state index contributed by atoms with van der Waals surface area (Å²) in [6, 6.07) is 15.5. The van der Waals surface area contributed by atoms with E-state index in [9.17, 15) is 4.79 Å². The predicted octanol–water partition coefficient (Wildman–Crippen LogP) is 4.51. The van der Waals surface area contributed by atoms with Crippen LogP contribution in [0.5, 0.6) is 0 Å². The molecule has 0 aromatic heterocycles. The summed E-state index contributed by atoms with van der Waals surface area (Å²) in [5, 5.41) is 3.89. The molecule has 0 saturated heterocycles. The summed E-state index contributed by atoms with van der Waals surface area (Å²) >= 11 is 6.01. The van der Waals surface area contributed by atoms with Crippen LogP contribution in [0.4, 0.5) is 5.69 Å². The standard InChI is InChI=1S/C20H23ClN2O.ClH/c21-17-7-5-16(6-8-17)20(11-1-2-12-20)14-23-19(24)13-15-3-9-18(22)10-4-15;/h3-10H,1-2,11-14,22H2,(H,23,24);1H. The smallest absolute Gasteiger partial charge is 0.224 e. The van der Waals surface area contributed by atoms with Crippen LogP contribution in [0.25, 0.3) is 0 Å². The van der Waals surface area contributed by atoms with Crippen molar-refractivity contribution in [1.82, 2.24) is 5.32 Å². The van der Waals surface area contributed by atoms with E-state index in [-0.39, 0.29) is 23.7 Å². The highest BCUT2D eigenvalue weighted by molar-refractivity contribution is 6.30. The number of hydrogen-bond donors (Lipinski definition) is 2. The average molecular weight is 379 g/mol. The summed E-state index contributed by atoms with van der Waals surface area (Å²) in [7, 11) is 0. The first-order valence-corrected chi connectivity index (χ1v) is 8.82. The van der Waals surface area contributed by atoms with Gasteiger partial charge in [-0.05, 0) is 48.2 Å². The van der Waals surface area contributed by atoms with Crippen molar-refractivity contribution >= 4 is 35.6 Å². The number of rotatable bonds is 5. The zero-order chi connectivity index (χ0) is 17.0. The molecular weight excluding hydrogens is 355 g/mol. The first-order valence-electron chi connectivity index (χ1n) is 8.45. The van der Waals surface area contributed by atoms with Crippen molar-refractivity contribution in [2.24, 2.45) is 0 Å². The van der Waals surface area contributed by atoms with Gasteiger partial charge in [-0.2, -0.15) is 0 Å². The normalized spacial score (nSPS) is 15.4. The fourth-order valence-corrected chi connectivity index (χ4v) is 3.70. The molecule has 1 aliphatic rings. The van der Waals surface area contributed by atoms with E-state index in [0.717, 1.165) is 23.4 Å². The highest BCUT2D eigenvalue weighted by Gasteiger charge is 2.35. The third-order valence-electron chi connectivity index (χ3n) is 4.99. The van der Waals surface area contributed by atoms with Crippen LogP contribution in [0.3, 0.4) is 0 Å². The number of halogens is 2. The maximum atomic E-state index is 12.3. The molecule has 1 fully saturated rings. The van der Waals surface area contributed by atoms with E-state index in [0.29, 0.717) is 18.7 Å². The molecule has 25 heavy (non-hydrogen) atoms. The molecule has 2 aromatic rings. The lowest BCUT2D eigenvalue weighted by Crippen LogP contribution is -2.39. The second-order valence-electron chi connectivity index (χ2n) is 6.69. The summed E-state index contributed by atoms with van der Waals surface area (Å²) in [5.41, 5.74) is 8.69. The van der Waals surface area contributed by atoms with Gasteiger partial charge in [-0.15, -0.1) is 12.4 Å².